The van der Waals surface area contributed by atoms with E-state index >= 15 is 0 Å². The van der Waals surface area contributed by atoms with Gasteiger partial charge in [-0.2, -0.15) is 0 Å². The largest absolute Gasteiger partial charge is 0.383 e. The lowest BCUT2D eigenvalue weighted by molar-refractivity contribution is 0.524. The van der Waals surface area contributed by atoms with Gasteiger partial charge in [0.25, 0.3) is 0 Å². The molecule has 0 amide bonds. The summed E-state index contributed by atoms with van der Waals surface area (Å²) in [5, 5.41) is 0. The molecule has 1 fully saturated rings. The second-order valence-electron chi connectivity index (χ2n) is 6.84. The molecule has 0 atom stereocenters. The number of aromatic nitrogens is 2. The van der Waals surface area contributed by atoms with Crippen LogP contribution in [0.25, 0.3) is 11.3 Å². The number of nitrogen functional groups attached to an aromatic ring is 1. The van der Waals surface area contributed by atoms with Crippen LogP contribution < -0.4 is 5.73 Å². The summed E-state index contributed by atoms with van der Waals surface area (Å²) in [4.78, 5) is 4.86. The number of nitrogens with two attached hydrogens (primary N) is 1. The Kier molecular flexibility index (Phi) is 2.89. The van der Waals surface area contributed by atoms with Gasteiger partial charge in [-0.05, 0) is 24.3 Å². The lowest BCUT2D eigenvalue weighted by Gasteiger charge is -2.17. The number of rotatable bonds is 2. The smallest absolute Gasteiger partial charge is 0.131 e. The lowest BCUT2D eigenvalue weighted by Crippen LogP contribution is -2.17. The topological polar surface area (TPSA) is 43.8 Å². The quantitative estimate of drug-likeness (QED) is 0.900. The maximum Gasteiger partial charge on any atom is 0.131 e. The van der Waals surface area contributed by atoms with Crippen molar-refractivity contribution in [3.8, 4) is 11.3 Å². The minimum absolute atomic E-state index is 0.00432. The van der Waals surface area contributed by atoms with Gasteiger partial charge in [-0.25, -0.2) is 4.98 Å². The van der Waals surface area contributed by atoms with E-state index in [1.807, 2.05) is 11.6 Å². The highest BCUT2D eigenvalue weighted by atomic mass is 15.1. The third-order valence-corrected chi connectivity index (χ3v) is 4.04. The summed E-state index contributed by atoms with van der Waals surface area (Å²) in [6, 6.07) is 8.56. The van der Waals surface area contributed by atoms with Crippen LogP contribution in [0.15, 0.2) is 24.3 Å². The van der Waals surface area contributed by atoms with Crippen LogP contribution in [-0.4, -0.2) is 9.55 Å². The van der Waals surface area contributed by atoms with Crippen molar-refractivity contribution in [1.82, 2.24) is 9.55 Å². The van der Waals surface area contributed by atoms with E-state index in [9.17, 15) is 0 Å². The van der Waals surface area contributed by atoms with E-state index in [1.54, 1.807) is 0 Å². The Morgan fingerprint density at radius 2 is 1.85 bits per heavy atom. The van der Waals surface area contributed by atoms with Gasteiger partial charge < -0.3 is 10.3 Å². The van der Waals surface area contributed by atoms with Crippen LogP contribution in [0.4, 0.5) is 5.82 Å². The van der Waals surface area contributed by atoms with Crippen LogP contribution in [0.5, 0.6) is 0 Å². The van der Waals surface area contributed by atoms with Crippen molar-refractivity contribution in [3.63, 3.8) is 0 Å². The Bertz CT molecular complexity index is 643. The van der Waals surface area contributed by atoms with Crippen molar-refractivity contribution in [2.45, 2.75) is 44.9 Å². The van der Waals surface area contributed by atoms with Crippen molar-refractivity contribution in [2.75, 3.05) is 5.73 Å². The van der Waals surface area contributed by atoms with Crippen molar-refractivity contribution in [2.24, 2.45) is 7.05 Å². The first-order chi connectivity index (χ1) is 9.39. The Balaban J connectivity index is 2.16. The highest BCUT2D eigenvalue weighted by Gasteiger charge is 2.29. The van der Waals surface area contributed by atoms with E-state index in [0.29, 0.717) is 5.92 Å². The summed E-state index contributed by atoms with van der Waals surface area (Å²) in [6.45, 7) is 6.52. The van der Waals surface area contributed by atoms with Crippen LogP contribution in [0, 0.1) is 0 Å². The predicted octanol–water partition coefficient (Wildman–Crippen LogP) is 3.84. The lowest BCUT2D eigenvalue weighted by atomic mass is 9.96. The van der Waals surface area contributed by atoms with Gasteiger partial charge in [0, 0.05) is 18.0 Å². The first-order valence-corrected chi connectivity index (χ1v) is 7.31. The highest BCUT2D eigenvalue weighted by Crippen LogP contribution is 2.45. The Morgan fingerprint density at radius 1 is 1.20 bits per heavy atom. The van der Waals surface area contributed by atoms with E-state index in [0.717, 1.165) is 17.3 Å². The number of nitrogens with zero attached hydrogens (tertiary/aromatic N) is 2. The van der Waals surface area contributed by atoms with E-state index in [-0.39, 0.29) is 5.41 Å². The van der Waals surface area contributed by atoms with E-state index in [4.69, 9.17) is 10.7 Å². The molecule has 3 heteroatoms. The first kappa shape index (κ1) is 13.2. The van der Waals surface area contributed by atoms with Crippen LogP contribution in [0.2, 0.25) is 0 Å². The van der Waals surface area contributed by atoms with Crippen LogP contribution in [-0.2, 0) is 12.5 Å². The molecule has 0 aliphatic heterocycles. The standard InChI is InChI=1S/C17H23N3/c1-17(2,3)16-19-14(15(18)20(16)4)13-8-6-5-7-12(13)11-9-10-11/h5-8,11H,9-10,18H2,1-4H3. The number of benzene rings is 1. The predicted molar refractivity (Wildman–Crippen MR) is 83.7 cm³/mol. The summed E-state index contributed by atoms with van der Waals surface area (Å²) in [6.07, 6.45) is 2.58. The summed E-state index contributed by atoms with van der Waals surface area (Å²) < 4.78 is 2.03. The third-order valence-electron chi connectivity index (χ3n) is 4.04. The van der Waals surface area contributed by atoms with Crippen molar-refractivity contribution < 1.29 is 0 Å². The molecular weight excluding hydrogens is 246 g/mol. The van der Waals surface area contributed by atoms with Crippen molar-refractivity contribution in [3.05, 3.63) is 35.7 Å². The normalized spacial score (nSPS) is 15.6. The molecule has 1 aliphatic carbocycles. The Hall–Kier alpha value is -1.77. The average Bonchev–Trinajstić information content (AvgIpc) is 3.17. The molecule has 0 unspecified atom stereocenters. The average molecular weight is 269 g/mol. The third kappa shape index (κ3) is 2.11. The molecule has 1 aliphatic rings. The van der Waals surface area contributed by atoms with Gasteiger partial charge in [-0.1, -0.05) is 45.0 Å². The molecular formula is C17H23N3. The minimum Gasteiger partial charge on any atom is -0.383 e. The van der Waals surface area contributed by atoms with E-state index in [2.05, 4.69) is 45.0 Å². The molecule has 0 spiro atoms. The molecule has 106 valence electrons. The molecule has 1 heterocycles. The fourth-order valence-corrected chi connectivity index (χ4v) is 2.84. The molecule has 1 aromatic heterocycles. The molecule has 20 heavy (non-hydrogen) atoms. The zero-order valence-electron chi connectivity index (χ0n) is 12.8. The number of imidazole rings is 1. The van der Waals surface area contributed by atoms with Gasteiger partial charge >= 0.3 is 0 Å². The molecule has 2 N–H and O–H groups in total. The van der Waals surface area contributed by atoms with Gasteiger partial charge in [0.1, 0.15) is 17.3 Å². The second kappa shape index (κ2) is 4.37. The second-order valence-corrected chi connectivity index (χ2v) is 6.84. The Labute approximate surface area is 120 Å². The van der Waals surface area contributed by atoms with E-state index in [1.165, 1.54) is 24.0 Å². The fraction of sp³-hybridized carbons (Fsp3) is 0.471. The van der Waals surface area contributed by atoms with Crippen LogP contribution in [0.3, 0.4) is 0 Å². The summed E-state index contributed by atoms with van der Waals surface area (Å²) in [5.74, 6) is 2.50. The Morgan fingerprint density at radius 3 is 2.40 bits per heavy atom. The number of hydrogen-bond donors (Lipinski definition) is 1. The molecule has 2 aromatic rings. The van der Waals surface area contributed by atoms with Crippen LogP contribution >= 0.6 is 0 Å². The van der Waals surface area contributed by atoms with Crippen molar-refractivity contribution >= 4 is 5.82 Å². The maximum absolute atomic E-state index is 6.32. The molecule has 0 radical (unpaired) electrons. The fourth-order valence-electron chi connectivity index (χ4n) is 2.84. The van der Waals surface area contributed by atoms with Gasteiger partial charge in [0.05, 0.1) is 0 Å². The summed E-state index contributed by atoms with van der Waals surface area (Å²) in [7, 11) is 2.01. The van der Waals surface area contributed by atoms with Gasteiger partial charge in [0.15, 0.2) is 0 Å². The van der Waals surface area contributed by atoms with Gasteiger partial charge in [-0.15, -0.1) is 0 Å². The summed E-state index contributed by atoms with van der Waals surface area (Å²) in [5.41, 5.74) is 9.87. The molecule has 0 saturated heterocycles. The maximum atomic E-state index is 6.32. The monoisotopic (exact) mass is 269 g/mol. The molecule has 1 saturated carbocycles. The van der Waals surface area contributed by atoms with Crippen LogP contribution in [0.1, 0.15) is 50.9 Å². The van der Waals surface area contributed by atoms with Crippen molar-refractivity contribution in [1.29, 1.82) is 0 Å². The molecule has 3 nitrogen and oxygen atoms in total. The first-order valence-electron chi connectivity index (χ1n) is 7.31. The minimum atomic E-state index is -0.00432. The van der Waals surface area contributed by atoms with E-state index < -0.39 is 0 Å². The summed E-state index contributed by atoms with van der Waals surface area (Å²) >= 11 is 0. The number of hydrogen-bond acceptors (Lipinski definition) is 2. The highest BCUT2D eigenvalue weighted by molar-refractivity contribution is 5.74. The zero-order chi connectivity index (χ0) is 14.5. The van der Waals surface area contributed by atoms with Gasteiger partial charge in [0.2, 0.25) is 0 Å². The number of anilines is 1. The molecule has 0 bridgehead atoms. The SMILES string of the molecule is Cn1c(C(C)(C)C)nc(-c2ccccc2C2CC2)c1N. The zero-order valence-corrected chi connectivity index (χ0v) is 12.8. The molecule has 1 aromatic carbocycles. The van der Waals surface area contributed by atoms with Gasteiger partial charge in [-0.3, -0.25) is 0 Å². The molecule has 3 rings (SSSR count).